The molecule has 0 aliphatic heterocycles. The van der Waals surface area contributed by atoms with Crippen LogP contribution in [0.1, 0.15) is 11.1 Å². The molecule has 0 saturated heterocycles. The Labute approximate surface area is 125 Å². The zero-order chi connectivity index (χ0) is 11.6. The summed E-state index contributed by atoms with van der Waals surface area (Å²) < 4.78 is 0. The van der Waals surface area contributed by atoms with Crippen molar-refractivity contribution in [3.8, 4) is 0 Å². The number of hydrogen-bond donors (Lipinski definition) is 0. The van der Waals surface area contributed by atoms with Gasteiger partial charge in [-0.05, 0) is 0 Å². The minimum Gasteiger partial charge on any atom is -0.788 e. The Morgan fingerprint density at radius 1 is 0.588 bits per heavy atom. The second kappa shape index (κ2) is 10.8. The van der Waals surface area contributed by atoms with Crippen LogP contribution in [-0.4, -0.2) is 0 Å². The third-order valence-corrected chi connectivity index (χ3v) is 2.69. The van der Waals surface area contributed by atoms with Crippen LogP contribution >= 0.6 is 0 Å². The standard InChI is InChI=1S/2C7H8S.Fe/c2*8-6-7-4-2-1-3-5-7;/h2*1-5,8H,6H2;/q;;+2/p-2. The second-order valence-corrected chi connectivity index (χ2v) is 3.84. The summed E-state index contributed by atoms with van der Waals surface area (Å²) in [6.07, 6.45) is 0. The van der Waals surface area contributed by atoms with Gasteiger partial charge in [-0.1, -0.05) is 71.8 Å². The van der Waals surface area contributed by atoms with Gasteiger partial charge in [-0.25, -0.2) is 0 Å². The van der Waals surface area contributed by atoms with Crippen molar-refractivity contribution in [1.82, 2.24) is 0 Å². The summed E-state index contributed by atoms with van der Waals surface area (Å²) in [4.78, 5) is 0. The smallest absolute Gasteiger partial charge is 0.788 e. The molecule has 0 aliphatic carbocycles. The molecule has 0 unspecified atom stereocenters. The predicted molar refractivity (Wildman–Crippen MR) is 75.0 cm³/mol. The first-order valence-electron chi connectivity index (χ1n) is 5.11. The van der Waals surface area contributed by atoms with Crippen molar-refractivity contribution in [2.75, 3.05) is 0 Å². The van der Waals surface area contributed by atoms with Crippen molar-refractivity contribution >= 4 is 25.3 Å². The Morgan fingerprint density at radius 2 is 0.882 bits per heavy atom. The van der Waals surface area contributed by atoms with Gasteiger partial charge in [0.05, 0.1) is 0 Å². The fourth-order valence-corrected chi connectivity index (χ4v) is 1.53. The minimum absolute atomic E-state index is 0. The monoisotopic (exact) mass is 302 g/mol. The van der Waals surface area contributed by atoms with E-state index in [1.54, 1.807) is 0 Å². The predicted octanol–water partition coefficient (Wildman–Crippen LogP) is 3.46. The zero-order valence-electron chi connectivity index (χ0n) is 9.36. The molecule has 0 radical (unpaired) electrons. The molecule has 2 aromatic carbocycles. The Bertz CT molecular complexity index is 336. The summed E-state index contributed by atoms with van der Waals surface area (Å²) in [5.41, 5.74) is 2.45. The average Bonchev–Trinajstić information content (AvgIpc) is 2.41. The molecule has 2 aromatic rings. The third kappa shape index (κ3) is 7.56. The van der Waals surface area contributed by atoms with E-state index in [-0.39, 0.29) is 17.1 Å². The van der Waals surface area contributed by atoms with Crippen LogP contribution in [0, 0.1) is 0 Å². The van der Waals surface area contributed by atoms with Crippen LogP contribution in [0.15, 0.2) is 60.7 Å². The summed E-state index contributed by atoms with van der Waals surface area (Å²) in [6, 6.07) is 20.1. The van der Waals surface area contributed by atoms with Crippen LogP contribution in [0.3, 0.4) is 0 Å². The number of benzene rings is 2. The van der Waals surface area contributed by atoms with Crippen LogP contribution < -0.4 is 0 Å². The molecular formula is C14H14FeS2. The summed E-state index contributed by atoms with van der Waals surface area (Å²) in [6.45, 7) is 0. The van der Waals surface area contributed by atoms with Gasteiger partial charge in [0.1, 0.15) is 0 Å². The quantitative estimate of drug-likeness (QED) is 0.615. The average molecular weight is 302 g/mol. The van der Waals surface area contributed by atoms with Crippen LogP contribution in [0.2, 0.25) is 0 Å². The third-order valence-electron chi connectivity index (χ3n) is 2.02. The summed E-state index contributed by atoms with van der Waals surface area (Å²) >= 11 is 9.64. The molecule has 0 aromatic heterocycles. The molecule has 0 saturated carbocycles. The summed E-state index contributed by atoms with van der Waals surface area (Å²) in [7, 11) is 0. The molecule has 0 fully saturated rings. The second-order valence-electron chi connectivity index (χ2n) is 3.26. The van der Waals surface area contributed by atoms with Crippen LogP contribution in [0.5, 0.6) is 0 Å². The minimum atomic E-state index is 0. The molecule has 2 rings (SSSR count). The first-order chi connectivity index (χ1) is 7.86. The Balaban J connectivity index is 0.000000284. The van der Waals surface area contributed by atoms with Gasteiger partial charge in [0.15, 0.2) is 0 Å². The molecule has 0 heterocycles. The van der Waals surface area contributed by atoms with Gasteiger partial charge in [0.2, 0.25) is 0 Å². The van der Waals surface area contributed by atoms with Gasteiger partial charge in [0, 0.05) is 0 Å². The van der Waals surface area contributed by atoms with E-state index < -0.39 is 0 Å². The van der Waals surface area contributed by atoms with E-state index >= 15 is 0 Å². The topological polar surface area (TPSA) is 0 Å². The first kappa shape index (κ1) is 16.7. The molecular weight excluding hydrogens is 288 g/mol. The van der Waals surface area contributed by atoms with E-state index in [0.717, 1.165) is 11.5 Å². The van der Waals surface area contributed by atoms with Gasteiger partial charge < -0.3 is 25.3 Å². The molecule has 0 amide bonds. The maximum absolute atomic E-state index is 4.82. The summed E-state index contributed by atoms with van der Waals surface area (Å²) in [5, 5.41) is 0. The fraction of sp³-hybridized carbons (Fsp3) is 0.143. The van der Waals surface area contributed by atoms with E-state index in [4.69, 9.17) is 25.3 Å². The van der Waals surface area contributed by atoms with Crippen molar-refractivity contribution in [1.29, 1.82) is 0 Å². The largest absolute Gasteiger partial charge is 2.00 e. The Morgan fingerprint density at radius 3 is 1.06 bits per heavy atom. The molecule has 0 spiro atoms. The van der Waals surface area contributed by atoms with Crippen LogP contribution in [0.25, 0.3) is 0 Å². The molecule has 3 heteroatoms. The molecule has 0 N–H and O–H groups in total. The SMILES string of the molecule is [Fe+2].[S-]Cc1ccccc1.[S-]Cc1ccccc1. The molecule has 0 bridgehead atoms. The molecule has 90 valence electrons. The van der Waals surface area contributed by atoms with Crippen molar-refractivity contribution in [3.63, 3.8) is 0 Å². The maximum Gasteiger partial charge on any atom is 2.00 e. The van der Waals surface area contributed by atoms with E-state index in [9.17, 15) is 0 Å². The van der Waals surface area contributed by atoms with Crippen molar-refractivity contribution in [2.24, 2.45) is 0 Å². The van der Waals surface area contributed by atoms with Crippen molar-refractivity contribution in [2.45, 2.75) is 11.5 Å². The Hall–Kier alpha value is -0.341. The van der Waals surface area contributed by atoms with Crippen molar-refractivity contribution < 1.29 is 17.1 Å². The van der Waals surface area contributed by atoms with Gasteiger partial charge in [-0.2, -0.15) is 11.5 Å². The first-order valence-corrected chi connectivity index (χ1v) is 6.26. The van der Waals surface area contributed by atoms with Gasteiger partial charge in [0.25, 0.3) is 0 Å². The maximum atomic E-state index is 4.82. The van der Waals surface area contributed by atoms with E-state index in [2.05, 4.69) is 0 Å². The molecule has 0 atom stereocenters. The van der Waals surface area contributed by atoms with Crippen LogP contribution in [0.4, 0.5) is 0 Å². The van der Waals surface area contributed by atoms with Crippen molar-refractivity contribution in [3.05, 3.63) is 71.8 Å². The van der Waals surface area contributed by atoms with Gasteiger partial charge in [-0.15, -0.1) is 0 Å². The molecule has 0 aliphatic rings. The zero-order valence-corrected chi connectivity index (χ0v) is 12.1. The van der Waals surface area contributed by atoms with Gasteiger partial charge >= 0.3 is 17.1 Å². The van der Waals surface area contributed by atoms with Crippen LogP contribution in [-0.2, 0) is 53.8 Å². The van der Waals surface area contributed by atoms with Gasteiger partial charge in [-0.3, -0.25) is 0 Å². The Kier molecular flexibility index (Phi) is 10.6. The summed E-state index contributed by atoms with van der Waals surface area (Å²) in [5.74, 6) is 1.45. The number of hydrogen-bond acceptors (Lipinski definition) is 2. The number of rotatable bonds is 2. The van der Waals surface area contributed by atoms with E-state index in [1.807, 2.05) is 60.7 Å². The van der Waals surface area contributed by atoms with E-state index in [1.165, 1.54) is 11.1 Å². The van der Waals surface area contributed by atoms with E-state index in [0.29, 0.717) is 0 Å². The molecule has 0 nitrogen and oxygen atoms in total. The normalized spacial score (nSPS) is 8.59. The molecule has 17 heavy (non-hydrogen) atoms. The fourth-order valence-electron chi connectivity index (χ4n) is 1.15.